The molecule has 0 fully saturated rings. The molecule has 0 aliphatic rings. The van der Waals surface area contributed by atoms with Crippen LogP contribution in [-0.2, 0) is 6.54 Å². The van der Waals surface area contributed by atoms with E-state index in [4.69, 9.17) is 21.7 Å². The van der Waals surface area contributed by atoms with Gasteiger partial charge in [-0.05, 0) is 48.5 Å². The van der Waals surface area contributed by atoms with Crippen molar-refractivity contribution < 1.29 is 9.47 Å². The highest BCUT2D eigenvalue weighted by molar-refractivity contribution is 7.80. The fourth-order valence-electron chi connectivity index (χ4n) is 3.44. The molecule has 0 amide bonds. The van der Waals surface area contributed by atoms with Crippen LogP contribution in [0.25, 0.3) is 0 Å². The Morgan fingerprint density at radius 1 is 0.871 bits per heavy atom. The summed E-state index contributed by atoms with van der Waals surface area (Å²) in [6, 6.07) is 26.5. The molecular formula is C26H30N2O2S. The van der Waals surface area contributed by atoms with Gasteiger partial charge >= 0.3 is 0 Å². The van der Waals surface area contributed by atoms with Gasteiger partial charge in [0, 0.05) is 24.8 Å². The first-order chi connectivity index (χ1) is 15.2. The summed E-state index contributed by atoms with van der Waals surface area (Å²) < 4.78 is 11.1. The highest BCUT2D eigenvalue weighted by atomic mass is 32.1. The molecule has 0 saturated carbocycles. The van der Waals surface area contributed by atoms with Crippen LogP contribution in [0.15, 0.2) is 78.9 Å². The molecule has 0 aliphatic heterocycles. The molecule has 0 heterocycles. The largest absolute Gasteiger partial charge is 0.497 e. The molecule has 4 nitrogen and oxygen atoms in total. The van der Waals surface area contributed by atoms with Crippen LogP contribution in [0.4, 0.5) is 11.4 Å². The summed E-state index contributed by atoms with van der Waals surface area (Å²) in [5, 5.41) is 0.743. The Morgan fingerprint density at radius 3 is 2.16 bits per heavy atom. The predicted octanol–water partition coefficient (Wildman–Crippen LogP) is 6.43. The van der Waals surface area contributed by atoms with Crippen molar-refractivity contribution >= 4 is 28.7 Å². The highest BCUT2D eigenvalue weighted by Gasteiger charge is 2.23. The van der Waals surface area contributed by atoms with Gasteiger partial charge in [-0.1, -0.05) is 61.9 Å². The van der Waals surface area contributed by atoms with Crippen LogP contribution in [0, 0.1) is 0 Å². The molecule has 0 radical (unpaired) electrons. The number of ether oxygens (including phenoxy) is 2. The van der Waals surface area contributed by atoms with Crippen molar-refractivity contribution in [3.05, 3.63) is 84.4 Å². The minimum atomic E-state index is 0.709. The number of benzene rings is 3. The number of thiocarbonyl (C=S) groups is 1. The number of rotatable bonds is 9. The molecule has 0 aromatic heterocycles. The van der Waals surface area contributed by atoms with Gasteiger partial charge in [0.1, 0.15) is 11.5 Å². The summed E-state index contributed by atoms with van der Waals surface area (Å²) in [4.78, 5) is 4.36. The maximum absolute atomic E-state index is 6.11. The molecule has 3 rings (SSSR count). The van der Waals surface area contributed by atoms with E-state index in [1.165, 1.54) is 5.56 Å². The first-order valence-electron chi connectivity index (χ1n) is 10.6. The topological polar surface area (TPSA) is 24.9 Å². The summed E-state index contributed by atoms with van der Waals surface area (Å²) in [7, 11) is 3.32. The Labute approximate surface area is 191 Å². The SMILES string of the molecule is CCCCN(Cc1ccccc1)C(=S)N(c1ccccc1)c1ccc(OC)cc1OC. The maximum atomic E-state index is 6.11. The molecule has 3 aromatic rings. The van der Waals surface area contributed by atoms with Gasteiger partial charge in [-0.2, -0.15) is 0 Å². The Kier molecular flexibility index (Phi) is 8.30. The second-order valence-electron chi connectivity index (χ2n) is 7.25. The third-order valence-corrected chi connectivity index (χ3v) is 5.54. The van der Waals surface area contributed by atoms with E-state index >= 15 is 0 Å². The molecule has 3 aromatic carbocycles. The van der Waals surface area contributed by atoms with Gasteiger partial charge in [0.25, 0.3) is 0 Å². The first-order valence-corrected chi connectivity index (χ1v) is 11.0. The maximum Gasteiger partial charge on any atom is 0.181 e. The Morgan fingerprint density at radius 2 is 1.55 bits per heavy atom. The summed E-state index contributed by atoms with van der Waals surface area (Å²) in [6.45, 7) is 3.83. The van der Waals surface area contributed by atoms with Crippen molar-refractivity contribution in [3.8, 4) is 11.5 Å². The molecule has 0 bridgehead atoms. The number of methoxy groups -OCH3 is 2. The molecule has 0 atom stereocenters. The lowest BCUT2D eigenvalue weighted by molar-refractivity contribution is 0.392. The second-order valence-corrected chi connectivity index (χ2v) is 7.62. The predicted molar refractivity (Wildman–Crippen MR) is 132 cm³/mol. The van der Waals surface area contributed by atoms with Crippen LogP contribution in [0.1, 0.15) is 25.3 Å². The number of anilines is 2. The van der Waals surface area contributed by atoms with Crippen molar-refractivity contribution in [2.24, 2.45) is 0 Å². The van der Waals surface area contributed by atoms with Crippen LogP contribution in [0.5, 0.6) is 11.5 Å². The van der Waals surface area contributed by atoms with Gasteiger partial charge in [-0.15, -0.1) is 0 Å². The van der Waals surface area contributed by atoms with Crippen molar-refractivity contribution in [1.82, 2.24) is 4.90 Å². The van der Waals surface area contributed by atoms with Crippen molar-refractivity contribution in [1.29, 1.82) is 0 Å². The van der Waals surface area contributed by atoms with E-state index in [0.717, 1.165) is 48.2 Å². The van der Waals surface area contributed by atoms with Gasteiger partial charge in [-0.25, -0.2) is 0 Å². The van der Waals surface area contributed by atoms with E-state index < -0.39 is 0 Å². The van der Waals surface area contributed by atoms with Crippen molar-refractivity contribution in [2.75, 3.05) is 25.7 Å². The molecule has 0 N–H and O–H groups in total. The molecule has 5 heteroatoms. The quantitative estimate of drug-likeness (QED) is 0.361. The second kappa shape index (κ2) is 11.4. The standard InChI is InChI=1S/C26H30N2O2S/c1-4-5-18-27(20-21-12-8-6-9-13-21)26(31)28(22-14-10-7-11-15-22)24-17-16-23(29-2)19-25(24)30-3/h6-17,19H,4-5,18,20H2,1-3H3. The van der Waals surface area contributed by atoms with Crippen LogP contribution in [0.2, 0.25) is 0 Å². The van der Waals surface area contributed by atoms with Crippen molar-refractivity contribution in [2.45, 2.75) is 26.3 Å². The molecule has 31 heavy (non-hydrogen) atoms. The van der Waals surface area contributed by atoms with E-state index in [9.17, 15) is 0 Å². The summed E-state index contributed by atoms with van der Waals surface area (Å²) >= 11 is 6.11. The lowest BCUT2D eigenvalue weighted by Crippen LogP contribution is -2.41. The highest BCUT2D eigenvalue weighted by Crippen LogP contribution is 2.37. The van der Waals surface area contributed by atoms with E-state index in [1.807, 2.05) is 42.5 Å². The van der Waals surface area contributed by atoms with Gasteiger partial charge in [-0.3, -0.25) is 4.90 Å². The molecule has 0 saturated heterocycles. The number of para-hydroxylation sites is 1. The molecule has 0 spiro atoms. The summed E-state index contributed by atoms with van der Waals surface area (Å²) in [5.74, 6) is 1.45. The smallest absolute Gasteiger partial charge is 0.181 e. The lowest BCUT2D eigenvalue weighted by Gasteiger charge is -2.34. The van der Waals surface area contributed by atoms with E-state index in [-0.39, 0.29) is 0 Å². The Balaban J connectivity index is 2.04. The van der Waals surface area contributed by atoms with Crippen molar-refractivity contribution in [3.63, 3.8) is 0 Å². The van der Waals surface area contributed by atoms with E-state index in [1.54, 1.807) is 14.2 Å². The zero-order valence-electron chi connectivity index (χ0n) is 18.5. The van der Waals surface area contributed by atoms with E-state index in [2.05, 4.69) is 53.1 Å². The Hall–Kier alpha value is -3.05. The third kappa shape index (κ3) is 5.76. The van der Waals surface area contributed by atoms with Gasteiger partial charge in [0.15, 0.2) is 5.11 Å². The number of hydrogen-bond donors (Lipinski definition) is 0. The third-order valence-electron chi connectivity index (χ3n) is 5.10. The van der Waals surface area contributed by atoms with Crippen LogP contribution in [-0.4, -0.2) is 30.8 Å². The molecular weight excluding hydrogens is 404 g/mol. The monoisotopic (exact) mass is 434 g/mol. The van der Waals surface area contributed by atoms with Crippen LogP contribution < -0.4 is 14.4 Å². The average Bonchev–Trinajstić information content (AvgIpc) is 2.83. The zero-order valence-corrected chi connectivity index (χ0v) is 19.3. The number of unbranched alkanes of at least 4 members (excludes halogenated alkanes) is 1. The van der Waals surface area contributed by atoms with E-state index in [0.29, 0.717) is 5.75 Å². The average molecular weight is 435 g/mol. The van der Waals surface area contributed by atoms with Gasteiger partial charge < -0.3 is 14.4 Å². The Bertz CT molecular complexity index is 964. The fraction of sp³-hybridized carbons (Fsp3) is 0.269. The zero-order chi connectivity index (χ0) is 22.1. The number of nitrogens with zero attached hydrogens (tertiary/aromatic N) is 2. The van der Waals surface area contributed by atoms with Gasteiger partial charge in [0.05, 0.1) is 19.9 Å². The fourth-order valence-corrected chi connectivity index (χ4v) is 3.80. The normalized spacial score (nSPS) is 10.4. The lowest BCUT2D eigenvalue weighted by atomic mass is 10.2. The molecule has 0 unspecified atom stereocenters. The molecule has 0 aliphatic carbocycles. The summed E-state index contributed by atoms with van der Waals surface area (Å²) in [6.07, 6.45) is 2.17. The molecule has 162 valence electrons. The van der Waals surface area contributed by atoms with Gasteiger partial charge in [0.2, 0.25) is 0 Å². The minimum Gasteiger partial charge on any atom is -0.497 e. The minimum absolute atomic E-state index is 0.709. The summed E-state index contributed by atoms with van der Waals surface area (Å²) in [5.41, 5.74) is 3.11. The first kappa shape index (κ1) is 22.6. The van der Waals surface area contributed by atoms with Crippen LogP contribution >= 0.6 is 12.2 Å². The van der Waals surface area contributed by atoms with Crippen LogP contribution in [0.3, 0.4) is 0 Å². The number of hydrogen-bond acceptors (Lipinski definition) is 3.